The molecule has 0 atom stereocenters. The number of halogens is 3. The summed E-state index contributed by atoms with van der Waals surface area (Å²) >= 11 is 0. The number of nitrogens with zero attached hydrogens (tertiary/aromatic N) is 2. The summed E-state index contributed by atoms with van der Waals surface area (Å²) in [6.07, 6.45) is -4.53. The van der Waals surface area contributed by atoms with E-state index in [4.69, 9.17) is 11.5 Å². The number of hydrogen-bond donors (Lipinski definition) is 2. The molecule has 0 fully saturated rings. The van der Waals surface area contributed by atoms with Crippen LogP contribution < -0.4 is 16.2 Å². The summed E-state index contributed by atoms with van der Waals surface area (Å²) in [5.74, 6) is -1.36. The summed E-state index contributed by atoms with van der Waals surface area (Å²) in [5, 5.41) is 10.7. The summed E-state index contributed by atoms with van der Waals surface area (Å²) in [6.45, 7) is -0.426. The lowest BCUT2D eigenvalue weighted by molar-refractivity contribution is -0.389. The quantitative estimate of drug-likeness (QED) is 0.610. The molecule has 0 aliphatic rings. The van der Waals surface area contributed by atoms with E-state index in [-0.39, 0.29) is 11.4 Å². The predicted octanol–water partition coefficient (Wildman–Crippen LogP) is 0.929. The summed E-state index contributed by atoms with van der Waals surface area (Å²) in [5.41, 5.74) is 9.19. The molecule has 0 saturated heterocycles. The smallest absolute Gasteiger partial charge is 0.397 e. The zero-order valence-corrected chi connectivity index (χ0v) is 8.19. The van der Waals surface area contributed by atoms with E-state index in [1.165, 1.54) is 0 Å². The van der Waals surface area contributed by atoms with Crippen LogP contribution in [-0.4, -0.2) is 16.3 Å². The Morgan fingerprint density at radius 3 is 2.53 bits per heavy atom. The fourth-order valence-electron chi connectivity index (χ4n) is 1.14. The highest BCUT2D eigenvalue weighted by atomic mass is 19.4. The van der Waals surface area contributed by atoms with E-state index in [1.54, 1.807) is 0 Å². The molecule has 0 unspecified atom stereocenters. The van der Waals surface area contributed by atoms with Crippen LogP contribution >= 0.6 is 0 Å². The van der Waals surface area contributed by atoms with Gasteiger partial charge in [0.05, 0.1) is 16.7 Å². The van der Waals surface area contributed by atoms with Gasteiger partial charge in [-0.05, 0) is 0 Å². The van der Waals surface area contributed by atoms with E-state index in [9.17, 15) is 23.3 Å². The molecule has 7 nitrogen and oxygen atoms in total. The van der Waals surface area contributed by atoms with Crippen molar-refractivity contribution in [2.24, 2.45) is 5.73 Å². The van der Waals surface area contributed by atoms with Gasteiger partial charge in [-0.2, -0.15) is 0 Å². The molecule has 1 aromatic rings. The molecule has 94 valence electrons. The Hall–Kier alpha value is -2.10. The number of ether oxygens (including phenoxy) is 1. The fourth-order valence-corrected chi connectivity index (χ4v) is 1.14. The van der Waals surface area contributed by atoms with E-state index in [0.29, 0.717) is 6.20 Å². The number of rotatable bonds is 3. The van der Waals surface area contributed by atoms with Crippen LogP contribution in [0.1, 0.15) is 5.56 Å². The van der Waals surface area contributed by atoms with Gasteiger partial charge in [0, 0.05) is 6.54 Å². The topological polar surface area (TPSA) is 117 Å². The maximum atomic E-state index is 12.0. The molecule has 1 heterocycles. The van der Waals surface area contributed by atoms with Crippen LogP contribution in [0.4, 0.5) is 24.7 Å². The molecule has 0 aromatic carbocycles. The first-order valence-corrected chi connectivity index (χ1v) is 4.13. The zero-order valence-electron chi connectivity index (χ0n) is 8.19. The van der Waals surface area contributed by atoms with Crippen molar-refractivity contribution in [2.75, 3.05) is 5.73 Å². The molecule has 0 bridgehead atoms. The van der Waals surface area contributed by atoms with Crippen molar-refractivity contribution in [3.05, 3.63) is 21.9 Å². The first-order valence-electron chi connectivity index (χ1n) is 4.13. The number of alkyl halides is 3. The minimum Gasteiger partial charge on any atom is -0.397 e. The summed E-state index contributed by atoms with van der Waals surface area (Å²) in [7, 11) is 0. The Morgan fingerprint density at radius 1 is 1.53 bits per heavy atom. The molecule has 0 aliphatic heterocycles. The van der Waals surface area contributed by atoms with Crippen molar-refractivity contribution >= 4 is 11.5 Å². The van der Waals surface area contributed by atoms with Gasteiger partial charge in [-0.15, -0.1) is 13.2 Å². The van der Waals surface area contributed by atoms with Gasteiger partial charge < -0.3 is 16.2 Å². The van der Waals surface area contributed by atoms with Crippen LogP contribution in [0, 0.1) is 10.1 Å². The number of aromatic nitrogens is 1. The maximum absolute atomic E-state index is 12.0. The molecule has 0 amide bonds. The molecule has 1 aromatic heterocycles. The maximum Gasteiger partial charge on any atom is 0.573 e. The number of pyridine rings is 1. The van der Waals surface area contributed by atoms with Crippen LogP contribution in [-0.2, 0) is 6.54 Å². The van der Waals surface area contributed by atoms with Gasteiger partial charge in [0.15, 0.2) is 0 Å². The summed E-state index contributed by atoms with van der Waals surface area (Å²) in [6, 6.07) is 0. The monoisotopic (exact) mass is 252 g/mol. The van der Waals surface area contributed by atoms with Crippen molar-refractivity contribution in [1.82, 2.24) is 4.98 Å². The van der Waals surface area contributed by atoms with Crippen molar-refractivity contribution in [3.63, 3.8) is 0 Å². The van der Waals surface area contributed by atoms with E-state index in [0.717, 1.165) is 0 Å². The number of hydrogen-bond acceptors (Lipinski definition) is 6. The van der Waals surface area contributed by atoms with Gasteiger partial charge in [0.1, 0.15) is 5.82 Å². The standard InChI is InChI=1S/C7H7F3N4O3/c8-7(9,10)17-4-2-13-6(12)3(1-11)5(4)14(15)16/h2H,1,11H2,(H2,12,13). The van der Waals surface area contributed by atoms with Gasteiger partial charge in [0.25, 0.3) is 0 Å². The van der Waals surface area contributed by atoms with Crippen LogP contribution in [0.5, 0.6) is 5.75 Å². The average Bonchev–Trinajstić information content (AvgIpc) is 2.17. The Kier molecular flexibility index (Phi) is 3.36. The van der Waals surface area contributed by atoms with Gasteiger partial charge >= 0.3 is 12.0 Å². The fraction of sp³-hybridized carbons (Fsp3) is 0.286. The molecule has 0 spiro atoms. The second-order valence-corrected chi connectivity index (χ2v) is 2.84. The first-order chi connectivity index (χ1) is 7.76. The average molecular weight is 252 g/mol. The number of nitrogens with two attached hydrogens (primary N) is 2. The molecule has 10 heteroatoms. The van der Waals surface area contributed by atoms with Gasteiger partial charge in [0.2, 0.25) is 5.75 Å². The molecule has 4 N–H and O–H groups in total. The van der Waals surface area contributed by atoms with Gasteiger partial charge in [-0.3, -0.25) is 10.1 Å². The van der Waals surface area contributed by atoms with Crippen LogP contribution in [0.25, 0.3) is 0 Å². The van der Waals surface area contributed by atoms with E-state index in [1.807, 2.05) is 0 Å². The summed E-state index contributed by atoms with van der Waals surface area (Å²) in [4.78, 5) is 13.0. The van der Waals surface area contributed by atoms with Crippen LogP contribution in [0.3, 0.4) is 0 Å². The highest BCUT2D eigenvalue weighted by Crippen LogP contribution is 2.35. The lowest BCUT2D eigenvalue weighted by atomic mass is 10.2. The Labute approximate surface area is 92.3 Å². The predicted molar refractivity (Wildman–Crippen MR) is 49.9 cm³/mol. The number of nitrogen functional groups attached to an aromatic ring is 1. The molecule has 0 radical (unpaired) electrons. The normalized spacial score (nSPS) is 11.3. The lowest BCUT2D eigenvalue weighted by Gasteiger charge is -2.11. The Bertz CT molecular complexity index is 449. The van der Waals surface area contributed by atoms with E-state index >= 15 is 0 Å². The third-order valence-electron chi connectivity index (χ3n) is 1.76. The van der Waals surface area contributed by atoms with Crippen molar-refractivity contribution < 1.29 is 22.8 Å². The second-order valence-electron chi connectivity index (χ2n) is 2.84. The minimum absolute atomic E-state index is 0.309. The molecule has 0 saturated carbocycles. The highest BCUT2D eigenvalue weighted by Gasteiger charge is 2.36. The minimum atomic E-state index is -5.06. The highest BCUT2D eigenvalue weighted by molar-refractivity contribution is 5.60. The van der Waals surface area contributed by atoms with Crippen LogP contribution in [0.15, 0.2) is 6.20 Å². The van der Waals surface area contributed by atoms with Crippen molar-refractivity contribution in [3.8, 4) is 5.75 Å². The lowest BCUT2D eigenvalue weighted by Crippen LogP contribution is -2.19. The zero-order chi connectivity index (χ0) is 13.2. The summed E-state index contributed by atoms with van der Waals surface area (Å²) < 4.78 is 39.4. The number of nitro groups is 1. The number of anilines is 1. The SMILES string of the molecule is NCc1c(N)ncc(OC(F)(F)F)c1[N+](=O)[O-]. The van der Waals surface area contributed by atoms with Crippen molar-refractivity contribution in [2.45, 2.75) is 12.9 Å². The van der Waals surface area contributed by atoms with E-state index in [2.05, 4.69) is 9.72 Å². The second kappa shape index (κ2) is 4.41. The van der Waals surface area contributed by atoms with Crippen LogP contribution in [0.2, 0.25) is 0 Å². The molecule has 0 aliphatic carbocycles. The largest absolute Gasteiger partial charge is 0.573 e. The Morgan fingerprint density at radius 2 is 2.12 bits per heavy atom. The Balaban J connectivity index is 3.36. The van der Waals surface area contributed by atoms with Crippen molar-refractivity contribution in [1.29, 1.82) is 0 Å². The first kappa shape index (κ1) is 13.0. The molecular formula is C7H7F3N4O3. The third-order valence-corrected chi connectivity index (χ3v) is 1.76. The van der Waals surface area contributed by atoms with E-state index < -0.39 is 29.3 Å². The molecule has 17 heavy (non-hydrogen) atoms. The molecule has 1 rings (SSSR count). The van der Waals surface area contributed by atoms with Gasteiger partial charge in [-0.25, -0.2) is 4.98 Å². The molecular weight excluding hydrogens is 245 g/mol. The third kappa shape index (κ3) is 2.93. The van der Waals surface area contributed by atoms with Gasteiger partial charge in [-0.1, -0.05) is 0 Å².